The summed E-state index contributed by atoms with van der Waals surface area (Å²) in [6.07, 6.45) is 3.60. The van der Waals surface area contributed by atoms with Crippen LogP contribution in [0.25, 0.3) is 0 Å². The van der Waals surface area contributed by atoms with Crippen molar-refractivity contribution >= 4 is 23.6 Å². The number of ether oxygens (including phenoxy) is 1. The van der Waals surface area contributed by atoms with Crippen LogP contribution in [-0.2, 0) is 14.3 Å². The number of rotatable bonds is 6. The monoisotopic (exact) mass is 309 g/mol. The van der Waals surface area contributed by atoms with E-state index in [-0.39, 0.29) is 6.10 Å². The Hall–Kier alpha value is -1.76. The predicted octanol–water partition coefficient (Wildman–Crippen LogP) is 1.12. The van der Waals surface area contributed by atoms with Crippen molar-refractivity contribution in [1.82, 2.24) is 10.2 Å². The lowest BCUT2D eigenvalue weighted by Crippen LogP contribution is -2.59. The van der Waals surface area contributed by atoms with Crippen LogP contribution in [0.5, 0.6) is 0 Å². The zero-order valence-electron chi connectivity index (χ0n) is 13.1. The van der Waals surface area contributed by atoms with Gasteiger partial charge in [-0.05, 0) is 26.2 Å². The third-order valence-electron chi connectivity index (χ3n) is 3.97. The molecular weight excluding hydrogens is 286 g/mol. The van der Waals surface area contributed by atoms with E-state index in [1.54, 1.807) is 6.92 Å². The molecule has 0 aromatic heterocycles. The lowest BCUT2D eigenvalue weighted by molar-refractivity contribution is -0.139. The summed E-state index contributed by atoms with van der Waals surface area (Å²) < 4.78 is 5.48. The second kappa shape index (κ2) is 7.49. The van der Waals surface area contributed by atoms with E-state index in [0.29, 0.717) is 25.2 Å². The third-order valence-corrected chi connectivity index (χ3v) is 3.97. The first kappa shape index (κ1) is 16.6. The van der Waals surface area contributed by atoms with E-state index < -0.39 is 23.8 Å². The number of carbonyl (C=O) groups is 3. The summed E-state index contributed by atoms with van der Waals surface area (Å²) in [6, 6.07) is -0.633. The smallest absolute Gasteiger partial charge is 0.330 e. The lowest BCUT2D eigenvalue weighted by Gasteiger charge is -2.30. The molecule has 2 fully saturated rings. The molecule has 7 heteroatoms. The Morgan fingerprint density at radius 3 is 2.82 bits per heavy atom. The van der Waals surface area contributed by atoms with E-state index in [1.807, 2.05) is 6.92 Å². The van der Waals surface area contributed by atoms with Crippen LogP contribution in [-0.4, -0.2) is 54.3 Å². The molecule has 22 heavy (non-hydrogen) atoms. The summed E-state index contributed by atoms with van der Waals surface area (Å²) in [5.41, 5.74) is 0.437. The van der Waals surface area contributed by atoms with Crippen LogP contribution in [0.2, 0.25) is 0 Å². The van der Waals surface area contributed by atoms with E-state index >= 15 is 0 Å². The quantitative estimate of drug-likeness (QED) is 0.588. The maximum atomic E-state index is 12.4. The van der Waals surface area contributed by atoms with Gasteiger partial charge in [0.25, 0.3) is 0 Å². The van der Waals surface area contributed by atoms with Crippen molar-refractivity contribution in [2.45, 2.75) is 45.6 Å². The van der Waals surface area contributed by atoms with Crippen LogP contribution in [0, 0.1) is 5.92 Å². The van der Waals surface area contributed by atoms with Crippen molar-refractivity contribution in [2.24, 2.45) is 10.9 Å². The largest absolute Gasteiger partial charge is 0.376 e. The van der Waals surface area contributed by atoms with E-state index in [4.69, 9.17) is 4.74 Å². The van der Waals surface area contributed by atoms with Gasteiger partial charge in [-0.15, -0.1) is 0 Å². The number of nitrogens with one attached hydrogen (secondary N) is 1. The number of barbiturate groups is 1. The average molecular weight is 309 g/mol. The number of aliphatic imine (C=N–C) groups is 1. The van der Waals surface area contributed by atoms with Crippen molar-refractivity contribution < 1.29 is 19.1 Å². The zero-order chi connectivity index (χ0) is 16.1. The Bertz CT molecular complexity index is 483. The minimum atomic E-state index is -1.00. The number of nitrogens with zero attached hydrogens (tertiary/aromatic N) is 2. The zero-order valence-corrected chi connectivity index (χ0v) is 13.1. The van der Waals surface area contributed by atoms with Crippen LogP contribution in [0.3, 0.4) is 0 Å². The van der Waals surface area contributed by atoms with Gasteiger partial charge < -0.3 is 4.74 Å². The molecule has 1 N–H and O–H groups in total. The number of urea groups is 1. The molecule has 122 valence electrons. The third kappa shape index (κ3) is 3.71. The summed E-state index contributed by atoms with van der Waals surface area (Å²) in [6.45, 7) is 5.14. The normalized spacial score (nSPS) is 26.5. The highest BCUT2D eigenvalue weighted by molar-refractivity contribution is 6.27. The van der Waals surface area contributed by atoms with Gasteiger partial charge in [-0.1, -0.05) is 13.3 Å². The van der Waals surface area contributed by atoms with Gasteiger partial charge in [0, 0.05) is 18.9 Å². The molecule has 7 nitrogen and oxygen atoms in total. The molecule has 0 unspecified atom stereocenters. The molecule has 2 atom stereocenters. The number of unbranched alkanes of at least 4 members (excludes halogenated alkanes) is 1. The Morgan fingerprint density at radius 1 is 1.41 bits per heavy atom. The molecule has 0 saturated carbocycles. The van der Waals surface area contributed by atoms with E-state index in [9.17, 15) is 14.4 Å². The van der Waals surface area contributed by atoms with Crippen LogP contribution < -0.4 is 5.32 Å². The minimum Gasteiger partial charge on any atom is -0.376 e. The van der Waals surface area contributed by atoms with E-state index in [0.717, 1.165) is 30.8 Å². The maximum Gasteiger partial charge on any atom is 0.330 e. The number of hydrogen-bond acceptors (Lipinski definition) is 5. The van der Waals surface area contributed by atoms with Gasteiger partial charge >= 0.3 is 6.03 Å². The van der Waals surface area contributed by atoms with E-state index in [1.165, 1.54) is 0 Å². The number of hydrogen-bond donors (Lipinski definition) is 1. The summed E-state index contributed by atoms with van der Waals surface area (Å²) in [4.78, 5) is 41.6. The van der Waals surface area contributed by atoms with Gasteiger partial charge in [0.1, 0.15) is 0 Å². The molecule has 0 spiro atoms. The fraction of sp³-hybridized carbons (Fsp3) is 0.733. The number of amides is 4. The van der Waals surface area contributed by atoms with Crippen molar-refractivity contribution in [2.75, 3.05) is 19.7 Å². The molecule has 2 heterocycles. The molecule has 2 saturated heterocycles. The molecule has 2 aliphatic rings. The highest BCUT2D eigenvalue weighted by Crippen LogP contribution is 2.16. The predicted molar refractivity (Wildman–Crippen MR) is 80.6 cm³/mol. The highest BCUT2D eigenvalue weighted by atomic mass is 16.5. The van der Waals surface area contributed by atoms with Gasteiger partial charge in [0.15, 0.2) is 5.92 Å². The standard InChI is InChI=1S/C15H23N3O4/c1-3-4-7-18-14(20)12(13(19)17-15(18)21)10(2)16-9-11-6-5-8-22-11/h11-12H,3-9H2,1-2H3,(H,17,19,21)/t11-,12+/m0/s1. The fourth-order valence-corrected chi connectivity index (χ4v) is 2.63. The van der Waals surface area contributed by atoms with Crippen LogP contribution in [0.4, 0.5) is 4.79 Å². The minimum absolute atomic E-state index is 0.0644. The summed E-state index contributed by atoms with van der Waals surface area (Å²) in [5, 5.41) is 2.24. The first-order chi connectivity index (χ1) is 10.5. The van der Waals surface area contributed by atoms with Crippen molar-refractivity contribution in [3.8, 4) is 0 Å². The van der Waals surface area contributed by atoms with Gasteiger partial charge in [0.05, 0.1) is 12.6 Å². The maximum absolute atomic E-state index is 12.4. The Balaban J connectivity index is 2.06. The van der Waals surface area contributed by atoms with Crippen LogP contribution in [0.1, 0.15) is 39.5 Å². The first-order valence-corrected chi connectivity index (χ1v) is 7.83. The summed E-state index contributed by atoms with van der Waals surface area (Å²) in [7, 11) is 0. The summed E-state index contributed by atoms with van der Waals surface area (Å²) in [5.74, 6) is -2.07. The average Bonchev–Trinajstić information content (AvgIpc) is 2.98. The van der Waals surface area contributed by atoms with Crippen molar-refractivity contribution in [1.29, 1.82) is 0 Å². The first-order valence-electron chi connectivity index (χ1n) is 7.83. The molecule has 0 aromatic rings. The van der Waals surface area contributed by atoms with E-state index in [2.05, 4.69) is 10.3 Å². The molecule has 0 radical (unpaired) electrons. The van der Waals surface area contributed by atoms with Gasteiger partial charge in [-0.2, -0.15) is 0 Å². The van der Waals surface area contributed by atoms with Gasteiger partial charge in [0.2, 0.25) is 11.8 Å². The Kier molecular flexibility index (Phi) is 5.65. The second-order valence-corrected chi connectivity index (χ2v) is 5.69. The van der Waals surface area contributed by atoms with Crippen LogP contribution in [0.15, 0.2) is 4.99 Å². The molecule has 0 aromatic carbocycles. The summed E-state index contributed by atoms with van der Waals surface area (Å²) >= 11 is 0. The Labute approximate surface area is 130 Å². The molecule has 2 rings (SSSR count). The van der Waals surface area contributed by atoms with Crippen molar-refractivity contribution in [3.05, 3.63) is 0 Å². The highest BCUT2D eigenvalue weighted by Gasteiger charge is 2.41. The van der Waals surface area contributed by atoms with Crippen molar-refractivity contribution in [3.63, 3.8) is 0 Å². The topological polar surface area (TPSA) is 88.1 Å². The van der Waals surface area contributed by atoms with Gasteiger partial charge in [-0.25, -0.2) is 4.79 Å². The molecule has 0 bridgehead atoms. The van der Waals surface area contributed by atoms with Crippen LogP contribution >= 0.6 is 0 Å². The lowest BCUT2D eigenvalue weighted by atomic mass is 9.99. The molecule has 4 amide bonds. The van der Waals surface area contributed by atoms with Gasteiger partial charge in [-0.3, -0.25) is 24.8 Å². The number of imide groups is 2. The molecule has 2 aliphatic heterocycles. The molecule has 0 aliphatic carbocycles. The number of carbonyl (C=O) groups excluding carboxylic acids is 3. The second-order valence-electron chi connectivity index (χ2n) is 5.69. The SMILES string of the molecule is CCCCN1C(=O)NC(=O)[C@@H](C(C)=NC[C@@H]2CCCO2)C1=O. The Morgan fingerprint density at radius 2 is 2.18 bits per heavy atom. The molecular formula is C15H23N3O4. The fourth-order valence-electron chi connectivity index (χ4n) is 2.63.